The van der Waals surface area contributed by atoms with Gasteiger partial charge in [-0.3, -0.25) is 4.99 Å². The van der Waals surface area contributed by atoms with Crippen LogP contribution in [0.3, 0.4) is 0 Å². The summed E-state index contributed by atoms with van der Waals surface area (Å²) in [6.07, 6.45) is 4.37. The molecule has 1 fully saturated rings. The van der Waals surface area contributed by atoms with Crippen LogP contribution >= 0.6 is 24.0 Å². The van der Waals surface area contributed by atoms with E-state index in [1.165, 1.54) is 12.0 Å². The van der Waals surface area contributed by atoms with E-state index in [1.807, 2.05) is 24.3 Å². The predicted octanol–water partition coefficient (Wildman–Crippen LogP) is 2.42. The minimum atomic E-state index is 0. The highest BCUT2D eigenvalue weighted by molar-refractivity contribution is 6.30. The Kier molecular flexibility index (Phi) is 8.06. The maximum atomic E-state index is 5.95. The van der Waals surface area contributed by atoms with Crippen molar-refractivity contribution in [3.8, 4) is 0 Å². The number of nitrogens with zero attached hydrogens (tertiary/aromatic N) is 3. The fraction of sp³-hybridized carbons (Fsp3) is 0.467. The van der Waals surface area contributed by atoms with Crippen molar-refractivity contribution in [2.75, 3.05) is 19.6 Å². The Bertz CT molecular complexity index is 507. The van der Waals surface area contributed by atoms with E-state index in [2.05, 4.69) is 14.9 Å². The van der Waals surface area contributed by atoms with Gasteiger partial charge in [-0.05, 0) is 43.4 Å². The summed E-state index contributed by atoms with van der Waals surface area (Å²) < 4.78 is 0. The highest BCUT2D eigenvalue weighted by atomic mass is 35.5. The summed E-state index contributed by atoms with van der Waals surface area (Å²) in [7, 11) is 0. The lowest BCUT2D eigenvalue weighted by Crippen LogP contribution is -2.41. The van der Waals surface area contributed by atoms with Crippen molar-refractivity contribution in [3.63, 3.8) is 0 Å². The molecular weight excluding hydrogens is 321 g/mol. The van der Waals surface area contributed by atoms with Crippen LogP contribution < -0.4 is 11.5 Å². The second kappa shape index (κ2) is 9.54. The van der Waals surface area contributed by atoms with E-state index < -0.39 is 0 Å². The highest BCUT2D eigenvalue weighted by Gasteiger charge is 2.11. The van der Waals surface area contributed by atoms with E-state index in [1.54, 1.807) is 0 Å². The number of nitrogens with two attached hydrogens (primary N) is 2. The monoisotopic (exact) mass is 343 g/mol. The van der Waals surface area contributed by atoms with Crippen LogP contribution in [-0.2, 0) is 6.42 Å². The Morgan fingerprint density at radius 3 is 2.36 bits per heavy atom. The molecule has 7 heteroatoms. The second-order valence-electron chi connectivity index (χ2n) is 5.13. The Balaban J connectivity index is 0.00000242. The molecule has 0 spiro atoms. The molecule has 1 heterocycles. The minimum Gasteiger partial charge on any atom is -0.369 e. The van der Waals surface area contributed by atoms with E-state index >= 15 is 0 Å². The molecule has 0 saturated carbocycles. The maximum absolute atomic E-state index is 5.95. The van der Waals surface area contributed by atoms with Crippen molar-refractivity contribution in [2.24, 2.45) is 21.5 Å². The van der Waals surface area contributed by atoms with Crippen LogP contribution in [0, 0.1) is 0 Å². The lowest BCUT2D eigenvalue weighted by Gasteiger charge is -2.27. The van der Waals surface area contributed by atoms with Crippen molar-refractivity contribution in [1.29, 1.82) is 0 Å². The zero-order chi connectivity index (χ0) is 15.1. The molecule has 4 N–H and O–H groups in total. The molecule has 1 saturated heterocycles. The Morgan fingerprint density at radius 1 is 1.09 bits per heavy atom. The first kappa shape index (κ1) is 18.6. The van der Waals surface area contributed by atoms with Gasteiger partial charge in [-0.25, -0.2) is 0 Å². The fourth-order valence-corrected chi connectivity index (χ4v) is 2.42. The van der Waals surface area contributed by atoms with Gasteiger partial charge in [0.1, 0.15) is 0 Å². The molecule has 0 amide bonds. The van der Waals surface area contributed by atoms with E-state index in [-0.39, 0.29) is 18.4 Å². The van der Waals surface area contributed by atoms with Crippen molar-refractivity contribution < 1.29 is 0 Å². The molecule has 0 unspecified atom stereocenters. The molecule has 2 rings (SSSR count). The van der Waals surface area contributed by atoms with Crippen LogP contribution in [0.2, 0.25) is 5.02 Å². The number of guanidine groups is 2. The average molecular weight is 344 g/mol. The molecule has 0 atom stereocenters. The zero-order valence-electron chi connectivity index (χ0n) is 12.5. The van der Waals surface area contributed by atoms with Crippen LogP contribution in [0.4, 0.5) is 0 Å². The van der Waals surface area contributed by atoms with E-state index in [9.17, 15) is 0 Å². The van der Waals surface area contributed by atoms with Gasteiger partial charge >= 0.3 is 0 Å². The summed E-state index contributed by atoms with van der Waals surface area (Å²) in [6.45, 7) is 2.49. The third-order valence-electron chi connectivity index (χ3n) is 3.50. The Hall–Kier alpha value is -1.46. The number of hydrogen-bond donors (Lipinski definition) is 2. The van der Waals surface area contributed by atoms with Crippen molar-refractivity contribution in [3.05, 3.63) is 34.9 Å². The number of hydrogen-bond acceptors (Lipinski definition) is 1. The fourth-order valence-electron chi connectivity index (χ4n) is 2.30. The molecule has 5 nitrogen and oxygen atoms in total. The van der Waals surface area contributed by atoms with E-state index in [0.717, 1.165) is 37.4 Å². The number of halogens is 2. The molecule has 1 aromatic carbocycles. The summed E-state index contributed by atoms with van der Waals surface area (Å²) in [4.78, 5) is 10.5. The lowest BCUT2D eigenvalue weighted by molar-refractivity contribution is 0.339. The maximum Gasteiger partial charge on any atom is 0.218 e. The summed E-state index contributed by atoms with van der Waals surface area (Å²) >= 11 is 5.84. The van der Waals surface area contributed by atoms with Crippen LogP contribution in [0.5, 0.6) is 0 Å². The topological polar surface area (TPSA) is 80.0 Å². The van der Waals surface area contributed by atoms with Crippen molar-refractivity contribution in [1.82, 2.24) is 4.90 Å². The third kappa shape index (κ3) is 6.12. The summed E-state index contributed by atoms with van der Waals surface area (Å²) in [5.41, 5.74) is 12.9. The molecular formula is C15H23Cl2N5. The molecule has 0 radical (unpaired) electrons. The lowest BCUT2D eigenvalue weighted by atomic mass is 10.1. The predicted molar refractivity (Wildman–Crippen MR) is 95.9 cm³/mol. The number of aliphatic imine (C=N–C) groups is 2. The van der Waals surface area contributed by atoms with Gasteiger partial charge in [-0.2, -0.15) is 4.99 Å². The van der Waals surface area contributed by atoms with Crippen LogP contribution in [0.15, 0.2) is 34.3 Å². The van der Waals surface area contributed by atoms with Gasteiger partial charge in [0.2, 0.25) is 5.96 Å². The normalized spacial score (nSPS) is 16.3. The molecule has 0 aromatic heterocycles. The quantitative estimate of drug-likeness (QED) is 0.653. The number of piperidine rings is 1. The molecule has 0 bridgehead atoms. The average Bonchev–Trinajstić information content (AvgIpc) is 2.50. The number of likely N-dealkylation sites (tertiary alicyclic amines) is 1. The summed E-state index contributed by atoms with van der Waals surface area (Å²) in [5.74, 6) is 0.717. The van der Waals surface area contributed by atoms with E-state index in [0.29, 0.717) is 12.5 Å². The molecule has 1 aliphatic heterocycles. The smallest absolute Gasteiger partial charge is 0.218 e. The molecule has 122 valence electrons. The standard InChI is InChI=1S/C15H22ClN5.ClH/c16-13-6-4-12(5-7-13)8-9-19-14(17)20-15(18)21-10-2-1-3-11-21;/h4-7H,1-3,8-11H2,(H4,17,18,19,20);1H. The first-order chi connectivity index (χ1) is 10.1. The van der Waals surface area contributed by atoms with Gasteiger partial charge in [0.15, 0.2) is 5.96 Å². The third-order valence-corrected chi connectivity index (χ3v) is 3.75. The molecule has 22 heavy (non-hydrogen) atoms. The SMILES string of the molecule is Cl.NC(=NCCc1ccc(Cl)cc1)N=C(N)N1CCCCC1. The van der Waals surface area contributed by atoms with Gasteiger partial charge < -0.3 is 16.4 Å². The van der Waals surface area contributed by atoms with Gasteiger partial charge in [-0.15, -0.1) is 12.4 Å². The Morgan fingerprint density at radius 2 is 1.73 bits per heavy atom. The first-order valence-electron chi connectivity index (χ1n) is 7.28. The minimum absolute atomic E-state index is 0. The first-order valence-corrected chi connectivity index (χ1v) is 7.66. The highest BCUT2D eigenvalue weighted by Crippen LogP contribution is 2.10. The van der Waals surface area contributed by atoms with Crippen LogP contribution in [0.25, 0.3) is 0 Å². The van der Waals surface area contributed by atoms with Crippen LogP contribution in [-0.4, -0.2) is 36.5 Å². The summed E-state index contributed by atoms with van der Waals surface area (Å²) in [5, 5.41) is 0.737. The molecule has 0 aliphatic carbocycles. The zero-order valence-corrected chi connectivity index (χ0v) is 14.1. The van der Waals surface area contributed by atoms with Crippen molar-refractivity contribution >= 4 is 35.9 Å². The van der Waals surface area contributed by atoms with Gasteiger partial charge in [0, 0.05) is 24.7 Å². The van der Waals surface area contributed by atoms with Gasteiger partial charge in [0.05, 0.1) is 0 Å². The molecule has 1 aromatic rings. The van der Waals surface area contributed by atoms with Crippen molar-refractivity contribution in [2.45, 2.75) is 25.7 Å². The number of benzene rings is 1. The number of rotatable bonds is 3. The largest absolute Gasteiger partial charge is 0.369 e. The van der Waals surface area contributed by atoms with Gasteiger partial charge in [0.25, 0.3) is 0 Å². The Labute approximate surface area is 142 Å². The second-order valence-corrected chi connectivity index (χ2v) is 5.57. The molecule has 1 aliphatic rings. The van der Waals surface area contributed by atoms with E-state index in [4.69, 9.17) is 23.1 Å². The van der Waals surface area contributed by atoms with Crippen LogP contribution in [0.1, 0.15) is 24.8 Å². The van der Waals surface area contributed by atoms with Gasteiger partial charge in [-0.1, -0.05) is 23.7 Å². The summed E-state index contributed by atoms with van der Waals surface area (Å²) in [6, 6.07) is 7.71.